The maximum absolute atomic E-state index is 14.0. The van der Waals surface area contributed by atoms with Crippen LogP contribution < -0.4 is 9.04 Å². The molecule has 6 nitrogen and oxygen atoms in total. The Labute approximate surface area is 213 Å². The fourth-order valence-corrected chi connectivity index (χ4v) is 6.57. The Kier molecular flexibility index (Phi) is 7.32. The molecule has 2 unspecified atom stereocenters. The molecule has 3 aromatic rings. The van der Waals surface area contributed by atoms with E-state index >= 15 is 0 Å². The standard InChI is InChI=1S/C29H33NO5S/c1-2-21-8-10-24(11-9-21)30(20-22-6-4-3-5-7-22)36(32,33)25-12-13-28-26(18-25)27(31)19-29(35-28)23-14-16-34-17-15-23/h3-13,18,23,27,29,31H,2,14-17,19-20H2,1H3. The number of fused-ring (bicyclic) bond motifs is 1. The van der Waals surface area contributed by atoms with E-state index in [2.05, 4.69) is 6.92 Å². The molecule has 1 fully saturated rings. The van der Waals surface area contributed by atoms with Crippen molar-refractivity contribution >= 4 is 15.7 Å². The summed E-state index contributed by atoms with van der Waals surface area (Å²) in [4.78, 5) is 0.143. The van der Waals surface area contributed by atoms with Crippen molar-refractivity contribution in [2.75, 3.05) is 17.5 Å². The number of ether oxygens (including phenoxy) is 2. The SMILES string of the molecule is CCc1ccc(N(Cc2ccccc2)S(=O)(=O)c2ccc3c(c2)C(O)CC(C2CCOCC2)O3)cc1. The van der Waals surface area contributed by atoms with Gasteiger partial charge in [0.1, 0.15) is 11.9 Å². The number of aliphatic hydroxyl groups is 1. The Bertz CT molecular complexity index is 1270. The summed E-state index contributed by atoms with van der Waals surface area (Å²) in [7, 11) is -3.91. The lowest BCUT2D eigenvalue weighted by molar-refractivity contribution is -0.0151. The van der Waals surface area contributed by atoms with E-state index in [1.54, 1.807) is 18.2 Å². The molecule has 3 aromatic carbocycles. The Hall–Kier alpha value is -2.87. The number of nitrogens with zero attached hydrogens (tertiary/aromatic N) is 1. The zero-order chi connectivity index (χ0) is 25.1. The lowest BCUT2D eigenvalue weighted by Gasteiger charge is -2.36. The van der Waals surface area contributed by atoms with Crippen LogP contribution in [-0.4, -0.2) is 32.8 Å². The van der Waals surface area contributed by atoms with Crippen molar-refractivity contribution < 1.29 is 23.0 Å². The van der Waals surface area contributed by atoms with Gasteiger partial charge in [0, 0.05) is 31.1 Å². The van der Waals surface area contributed by atoms with E-state index in [1.165, 1.54) is 4.31 Å². The van der Waals surface area contributed by atoms with E-state index in [0.717, 1.165) is 30.4 Å². The molecular weight excluding hydrogens is 474 g/mol. The Morgan fingerprint density at radius 2 is 1.67 bits per heavy atom. The predicted molar refractivity (Wildman–Crippen MR) is 140 cm³/mol. The minimum absolute atomic E-state index is 0.0921. The predicted octanol–water partition coefficient (Wildman–Crippen LogP) is 5.26. The first-order valence-electron chi connectivity index (χ1n) is 12.7. The molecule has 0 amide bonds. The zero-order valence-electron chi connectivity index (χ0n) is 20.5. The van der Waals surface area contributed by atoms with Gasteiger partial charge < -0.3 is 14.6 Å². The third-order valence-corrected chi connectivity index (χ3v) is 9.03. The van der Waals surface area contributed by atoms with Crippen molar-refractivity contribution in [1.82, 2.24) is 0 Å². The molecule has 1 N–H and O–H groups in total. The third-order valence-electron chi connectivity index (χ3n) is 7.26. The van der Waals surface area contributed by atoms with Crippen molar-refractivity contribution in [2.24, 2.45) is 5.92 Å². The Balaban J connectivity index is 1.47. The van der Waals surface area contributed by atoms with Crippen LogP contribution in [0.25, 0.3) is 0 Å². The Morgan fingerprint density at radius 1 is 0.944 bits per heavy atom. The molecule has 2 atom stereocenters. The number of benzene rings is 3. The summed E-state index contributed by atoms with van der Waals surface area (Å²) in [6, 6.07) is 22.1. The average molecular weight is 508 g/mol. The van der Waals surface area contributed by atoms with E-state index in [1.807, 2.05) is 54.6 Å². The molecule has 0 spiro atoms. The summed E-state index contributed by atoms with van der Waals surface area (Å²) >= 11 is 0. The molecule has 7 heteroatoms. The van der Waals surface area contributed by atoms with Crippen LogP contribution in [0.1, 0.15) is 49.0 Å². The largest absolute Gasteiger partial charge is 0.490 e. The lowest BCUT2D eigenvalue weighted by Crippen LogP contribution is -2.36. The maximum atomic E-state index is 14.0. The first kappa shape index (κ1) is 24.8. The normalized spacial score (nSPS) is 20.4. The van der Waals surface area contributed by atoms with Crippen LogP contribution in [-0.2, 0) is 27.7 Å². The second kappa shape index (κ2) is 10.6. The molecule has 0 aliphatic carbocycles. The molecule has 0 bridgehead atoms. The van der Waals surface area contributed by atoms with Gasteiger partial charge in [-0.1, -0.05) is 49.4 Å². The van der Waals surface area contributed by atoms with E-state index in [-0.39, 0.29) is 17.5 Å². The van der Waals surface area contributed by atoms with Crippen LogP contribution in [0, 0.1) is 5.92 Å². The van der Waals surface area contributed by atoms with Gasteiger partial charge in [-0.15, -0.1) is 0 Å². The minimum Gasteiger partial charge on any atom is -0.490 e. The number of hydrogen-bond acceptors (Lipinski definition) is 5. The van der Waals surface area contributed by atoms with Gasteiger partial charge in [0.2, 0.25) is 0 Å². The molecule has 5 rings (SSSR count). The molecule has 0 radical (unpaired) electrons. The summed E-state index contributed by atoms with van der Waals surface area (Å²) in [5.74, 6) is 0.892. The third kappa shape index (κ3) is 5.14. The van der Waals surface area contributed by atoms with Crippen LogP contribution in [0.15, 0.2) is 77.7 Å². The van der Waals surface area contributed by atoms with Crippen molar-refractivity contribution in [2.45, 2.75) is 56.3 Å². The van der Waals surface area contributed by atoms with Gasteiger partial charge in [0.05, 0.1) is 23.2 Å². The van der Waals surface area contributed by atoms with Gasteiger partial charge in [-0.25, -0.2) is 8.42 Å². The van der Waals surface area contributed by atoms with Crippen LogP contribution >= 0.6 is 0 Å². The highest BCUT2D eigenvalue weighted by Crippen LogP contribution is 2.40. The van der Waals surface area contributed by atoms with E-state index in [9.17, 15) is 13.5 Å². The molecule has 0 saturated carbocycles. The summed E-state index contributed by atoms with van der Waals surface area (Å²) in [5, 5.41) is 11.0. The second-order valence-corrected chi connectivity index (χ2v) is 11.4. The number of rotatable bonds is 7. The topological polar surface area (TPSA) is 76.1 Å². The minimum atomic E-state index is -3.91. The summed E-state index contributed by atoms with van der Waals surface area (Å²) in [5.41, 5.74) is 3.16. The van der Waals surface area contributed by atoms with E-state index in [0.29, 0.717) is 42.6 Å². The molecular formula is C29H33NO5S. The smallest absolute Gasteiger partial charge is 0.264 e. The van der Waals surface area contributed by atoms with Crippen molar-refractivity contribution in [3.8, 4) is 5.75 Å². The summed E-state index contributed by atoms with van der Waals surface area (Å²) in [6.45, 7) is 3.69. The quantitative estimate of drug-likeness (QED) is 0.472. The maximum Gasteiger partial charge on any atom is 0.264 e. The fourth-order valence-electron chi connectivity index (χ4n) is 5.08. The molecule has 36 heavy (non-hydrogen) atoms. The van der Waals surface area contributed by atoms with E-state index in [4.69, 9.17) is 9.47 Å². The van der Waals surface area contributed by atoms with Gasteiger partial charge in [-0.2, -0.15) is 0 Å². The van der Waals surface area contributed by atoms with Gasteiger partial charge in [0.15, 0.2) is 0 Å². The molecule has 2 heterocycles. The first-order valence-corrected chi connectivity index (χ1v) is 14.1. The number of aryl methyl sites for hydroxylation is 1. The first-order chi connectivity index (χ1) is 17.5. The monoisotopic (exact) mass is 507 g/mol. The number of aliphatic hydroxyl groups excluding tert-OH is 1. The number of hydrogen-bond donors (Lipinski definition) is 1. The highest BCUT2D eigenvalue weighted by molar-refractivity contribution is 7.92. The van der Waals surface area contributed by atoms with Crippen molar-refractivity contribution in [3.05, 3.63) is 89.5 Å². The number of sulfonamides is 1. The van der Waals surface area contributed by atoms with Crippen molar-refractivity contribution in [1.29, 1.82) is 0 Å². The van der Waals surface area contributed by atoms with Crippen LogP contribution in [0.5, 0.6) is 5.75 Å². The molecule has 190 valence electrons. The molecule has 1 saturated heterocycles. The summed E-state index contributed by atoms with van der Waals surface area (Å²) in [6.07, 6.45) is 2.28. The molecule has 2 aliphatic rings. The summed E-state index contributed by atoms with van der Waals surface area (Å²) < 4.78 is 41.1. The Morgan fingerprint density at radius 3 is 2.36 bits per heavy atom. The van der Waals surface area contributed by atoms with Gasteiger partial charge >= 0.3 is 0 Å². The van der Waals surface area contributed by atoms with Crippen LogP contribution in [0.4, 0.5) is 5.69 Å². The zero-order valence-corrected chi connectivity index (χ0v) is 21.4. The van der Waals surface area contributed by atoms with Crippen LogP contribution in [0.3, 0.4) is 0 Å². The highest BCUT2D eigenvalue weighted by Gasteiger charge is 2.35. The number of anilines is 1. The van der Waals surface area contributed by atoms with Gasteiger partial charge in [-0.3, -0.25) is 4.31 Å². The van der Waals surface area contributed by atoms with Gasteiger partial charge in [0.25, 0.3) is 10.0 Å². The van der Waals surface area contributed by atoms with E-state index < -0.39 is 16.1 Å². The molecule has 2 aliphatic heterocycles. The fraction of sp³-hybridized carbons (Fsp3) is 0.379. The van der Waals surface area contributed by atoms with Gasteiger partial charge in [-0.05, 0) is 60.7 Å². The lowest BCUT2D eigenvalue weighted by atomic mass is 9.87. The molecule has 0 aromatic heterocycles. The average Bonchev–Trinajstić information content (AvgIpc) is 2.92. The van der Waals surface area contributed by atoms with Crippen molar-refractivity contribution in [3.63, 3.8) is 0 Å². The van der Waals surface area contributed by atoms with Crippen LogP contribution in [0.2, 0.25) is 0 Å². The highest BCUT2D eigenvalue weighted by atomic mass is 32.2. The second-order valence-electron chi connectivity index (χ2n) is 9.57.